The summed E-state index contributed by atoms with van der Waals surface area (Å²) in [4.78, 5) is 23.9. The number of hydrogen-bond donors (Lipinski definition) is 3. The molecule has 27 heavy (non-hydrogen) atoms. The standard InChI is InChI=1S/C12H18O11S4/c1-2-22-11(15)12(7-24-3-5-26(16,17)18)9(8(13)10(14)23-12)25-4-6-27(19,20)21/h13H,2-7H2,1H3,(H,16,17,18)(H,19,20,21). The first kappa shape index (κ1) is 24.0. The molecule has 156 valence electrons. The molecular formula is C12H18O11S4. The van der Waals surface area contributed by atoms with Gasteiger partial charge in [0.25, 0.3) is 25.8 Å². The largest absolute Gasteiger partial charge is 0.501 e. The molecule has 0 spiro atoms. The maximum absolute atomic E-state index is 12.4. The lowest BCUT2D eigenvalue weighted by atomic mass is 10.1. The van der Waals surface area contributed by atoms with Gasteiger partial charge in [0.2, 0.25) is 5.76 Å². The molecule has 0 radical (unpaired) electrons. The Morgan fingerprint density at radius 3 is 2.22 bits per heavy atom. The summed E-state index contributed by atoms with van der Waals surface area (Å²) in [6, 6.07) is 0. The summed E-state index contributed by atoms with van der Waals surface area (Å²) in [5.74, 6) is -5.29. The van der Waals surface area contributed by atoms with Crippen molar-refractivity contribution in [1.29, 1.82) is 0 Å². The first-order valence-electron chi connectivity index (χ1n) is 7.27. The lowest BCUT2D eigenvalue weighted by Gasteiger charge is -2.27. The molecule has 0 aromatic heterocycles. The van der Waals surface area contributed by atoms with Crippen molar-refractivity contribution in [3.05, 3.63) is 10.7 Å². The summed E-state index contributed by atoms with van der Waals surface area (Å²) in [5.41, 5.74) is -2.09. The third-order valence-electron chi connectivity index (χ3n) is 3.03. The lowest BCUT2D eigenvalue weighted by molar-refractivity contribution is -0.169. The van der Waals surface area contributed by atoms with Crippen LogP contribution in [0.25, 0.3) is 0 Å². The number of esters is 2. The van der Waals surface area contributed by atoms with Crippen LogP contribution in [0.15, 0.2) is 10.7 Å². The Labute approximate surface area is 164 Å². The third-order valence-corrected chi connectivity index (χ3v) is 7.31. The van der Waals surface area contributed by atoms with E-state index in [0.29, 0.717) is 11.8 Å². The van der Waals surface area contributed by atoms with Crippen molar-refractivity contribution in [2.24, 2.45) is 0 Å². The molecule has 0 fully saturated rings. The second-order valence-electron chi connectivity index (χ2n) is 5.09. The van der Waals surface area contributed by atoms with Gasteiger partial charge in [-0.25, -0.2) is 9.59 Å². The Bertz CT molecular complexity index is 814. The molecule has 1 unspecified atom stereocenters. The quantitative estimate of drug-likeness (QED) is 0.208. The molecule has 1 aliphatic heterocycles. The van der Waals surface area contributed by atoms with Crippen LogP contribution in [0.3, 0.4) is 0 Å². The fourth-order valence-corrected chi connectivity index (χ4v) is 6.08. The molecule has 15 heteroatoms. The van der Waals surface area contributed by atoms with Gasteiger partial charge in [-0.15, -0.1) is 11.8 Å². The van der Waals surface area contributed by atoms with Gasteiger partial charge in [0.05, 0.1) is 23.0 Å². The van der Waals surface area contributed by atoms with E-state index in [1.165, 1.54) is 6.92 Å². The topological polar surface area (TPSA) is 182 Å². The number of ether oxygens (including phenoxy) is 2. The predicted octanol–water partition coefficient (Wildman–Crippen LogP) is -0.143. The molecule has 0 aliphatic carbocycles. The summed E-state index contributed by atoms with van der Waals surface area (Å²) < 4.78 is 70.7. The molecule has 0 amide bonds. The van der Waals surface area contributed by atoms with Gasteiger partial charge in [0.15, 0.2) is 0 Å². The van der Waals surface area contributed by atoms with E-state index in [1.54, 1.807) is 0 Å². The van der Waals surface area contributed by atoms with E-state index >= 15 is 0 Å². The van der Waals surface area contributed by atoms with Crippen molar-refractivity contribution >= 4 is 55.7 Å². The van der Waals surface area contributed by atoms with E-state index in [-0.39, 0.29) is 28.8 Å². The molecule has 0 saturated carbocycles. The number of rotatable bonds is 11. The Morgan fingerprint density at radius 1 is 1.15 bits per heavy atom. The van der Waals surface area contributed by atoms with Crippen LogP contribution in [-0.4, -0.2) is 84.0 Å². The molecule has 0 aromatic carbocycles. The van der Waals surface area contributed by atoms with E-state index in [9.17, 15) is 31.5 Å². The van der Waals surface area contributed by atoms with Crippen LogP contribution in [0.1, 0.15) is 6.92 Å². The maximum atomic E-state index is 12.4. The van der Waals surface area contributed by atoms with Crippen molar-refractivity contribution < 1.29 is 50.1 Å². The smallest absolute Gasteiger partial charge is 0.375 e. The zero-order chi connectivity index (χ0) is 20.9. The summed E-state index contributed by atoms with van der Waals surface area (Å²) in [6.07, 6.45) is 0. The first-order valence-corrected chi connectivity index (χ1v) is 12.6. The molecule has 1 rings (SSSR count). The van der Waals surface area contributed by atoms with Gasteiger partial charge in [0.1, 0.15) is 0 Å². The summed E-state index contributed by atoms with van der Waals surface area (Å²) >= 11 is 1.44. The normalized spacial score (nSPS) is 20.6. The van der Waals surface area contributed by atoms with Crippen molar-refractivity contribution in [3.8, 4) is 0 Å². The molecule has 11 nitrogen and oxygen atoms in total. The SMILES string of the molecule is CCOC(=O)C1(CSCCS(=O)(=O)O)OC(=O)C(O)=C1SCCS(=O)(=O)O. The molecule has 0 saturated heterocycles. The third kappa shape index (κ3) is 7.15. The van der Waals surface area contributed by atoms with Crippen molar-refractivity contribution in [1.82, 2.24) is 0 Å². The van der Waals surface area contributed by atoms with Crippen LogP contribution in [-0.2, 0) is 39.3 Å². The van der Waals surface area contributed by atoms with Crippen LogP contribution >= 0.6 is 23.5 Å². The van der Waals surface area contributed by atoms with Gasteiger partial charge < -0.3 is 14.6 Å². The molecule has 1 atom stereocenters. The summed E-state index contributed by atoms with van der Waals surface area (Å²) in [7, 11) is -8.56. The zero-order valence-corrected chi connectivity index (χ0v) is 17.2. The van der Waals surface area contributed by atoms with Gasteiger partial charge in [0, 0.05) is 17.3 Å². The van der Waals surface area contributed by atoms with Crippen LogP contribution in [0.5, 0.6) is 0 Å². The van der Waals surface area contributed by atoms with Crippen LogP contribution in [0.2, 0.25) is 0 Å². The number of carbonyl (C=O) groups is 2. The average Bonchev–Trinajstić information content (AvgIpc) is 2.75. The Balaban J connectivity index is 3.06. The molecule has 3 N–H and O–H groups in total. The van der Waals surface area contributed by atoms with E-state index in [4.69, 9.17) is 18.6 Å². The number of aliphatic hydroxyl groups is 1. The second kappa shape index (κ2) is 9.47. The van der Waals surface area contributed by atoms with Gasteiger partial charge in [-0.3, -0.25) is 9.11 Å². The monoisotopic (exact) mass is 466 g/mol. The summed E-state index contributed by atoms with van der Waals surface area (Å²) in [5, 5.41) is 9.94. The first-order chi connectivity index (χ1) is 12.3. The highest BCUT2D eigenvalue weighted by Gasteiger charge is 2.55. The van der Waals surface area contributed by atoms with Crippen molar-refractivity contribution in [2.75, 3.05) is 35.4 Å². The van der Waals surface area contributed by atoms with Gasteiger partial charge >= 0.3 is 11.9 Å². The van der Waals surface area contributed by atoms with Gasteiger partial charge in [-0.1, -0.05) is 0 Å². The zero-order valence-electron chi connectivity index (χ0n) is 14.0. The van der Waals surface area contributed by atoms with E-state index in [1.807, 2.05) is 0 Å². The summed E-state index contributed by atoms with van der Waals surface area (Å²) in [6.45, 7) is 1.40. The highest BCUT2D eigenvalue weighted by molar-refractivity contribution is 8.04. The molecular weight excluding hydrogens is 448 g/mol. The lowest BCUT2D eigenvalue weighted by Crippen LogP contribution is -2.45. The van der Waals surface area contributed by atoms with Crippen molar-refractivity contribution in [2.45, 2.75) is 12.5 Å². The van der Waals surface area contributed by atoms with Crippen molar-refractivity contribution in [3.63, 3.8) is 0 Å². The fraction of sp³-hybridized carbons (Fsp3) is 0.667. The predicted molar refractivity (Wildman–Crippen MR) is 97.7 cm³/mol. The Kier molecular flexibility index (Phi) is 8.43. The average molecular weight is 467 g/mol. The highest BCUT2D eigenvalue weighted by atomic mass is 32.2. The number of carbonyl (C=O) groups excluding carboxylic acids is 2. The molecule has 0 aromatic rings. The molecule has 0 bridgehead atoms. The number of hydrogen-bond acceptors (Lipinski definition) is 11. The minimum absolute atomic E-state index is 0.0858. The van der Waals surface area contributed by atoms with Gasteiger partial charge in [-0.2, -0.15) is 28.6 Å². The Morgan fingerprint density at radius 2 is 1.70 bits per heavy atom. The maximum Gasteiger partial charge on any atom is 0.375 e. The van der Waals surface area contributed by atoms with Crippen LogP contribution in [0, 0.1) is 0 Å². The Hall–Kier alpha value is -1.00. The fourth-order valence-electron chi connectivity index (χ4n) is 1.89. The minimum atomic E-state index is -4.32. The number of thioether (sulfide) groups is 2. The van der Waals surface area contributed by atoms with E-state index in [0.717, 1.165) is 11.8 Å². The van der Waals surface area contributed by atoms with Crippen LogP contribution in [0.4, 0.5) is 0 Å². The number of cyclic esters (lactones) is 1. The van der Waals surface area contributed by atoms with Gasteiger partial charge in [-0.05, 0) is 6.92 Å². The minimum Gasteiger partial charge on any atom is -0.501 e. The molecule has 1 heterocycles. The molecule has 1 aliphatic rings. The number of aliphatic hydroxyl groups excluding tert-OH is 1. The van der Waals surface area contributed by atoms with E-state index in [2.05, 4.69) is 0 Å². The highest BCUT2D eigenvalue weighted by Crippen LogP contribution is 2.42. The second-order valence-corrected chi connectivity index (χ2v) is 10.4. The van der Waals surface area contributed by atoms with Crippen LogP contribution < -0.4 is 0 Å². The van der Waals surface area contributed by atoms with E-state index < -0.39 is 55.0 Å².